The second kappa shape index (κ2) is 6.25. The van der Waals surface area contributed by atoms with Crippen molar-refractivity contribution in [2.75, 3.05) is 6.61 Å². The van der Waals surface area contributed by atoms with Crippen molar-refractivity contribution >= 4 is 0 Å². The van der Waals surface area contributed by atoms with Gasteiger partial charge in [-0.15, -0.1) is 0 Å². The summed E-state index contributed by atoms with van der Waals surface area (Å²) in [5, 5.41) is 0. The molecule has 0 fully saturated rings. The van der Waals surface area contributed by atoms with Crippen LogP contribution >= 0.6 is 0 Å². The Morgan fingerprint density at radius 3 is 2.28 bits per heavy atom. The van der Waals surface area contributed by atoms with E-state index >= 15 is 0 Å². The third-order valence-electron chi connectivity index (χ3n) is 2.78. The lowest BCUT2D eigenvalue weighted by atomic mass is 10.0. The van der Waals surface area contributed by atoms with E-state index in [-0.39, 0.29) is 0 Å². The highest BCUT2D eigenvalue weighted by Crippen LogP contribution is 2.21. The Balaban J connectivity index is 2.12. The van der Waals surface area contributed by atoms with Crippen LogP contribution < -0.4 is 4.74 Å². The minimum atomic E-state index is 0.551. The van der Waals surface area contributed by atoms with E-state index in [4.69, 9.17) is 4.74 Å². The minimum Gasteiger partial charge on any atom is -0.493 e. The highest BCUT2D eigenvalue weighted by Gasteiger charge is 2.04. The lowest BCUT2D eigenvalue weighted by molar-refractivity contribution is 0.269. The standard InChI is InChI=1S/C17H20O/c1-14(2)13-18-17-11-7-6-10-16(17)12-15-8-4-3-5-9-15/h3-11,14H,12-13H2,1-2H3. The molecule has 1 nitrogen and oxygen atoms in total. The predicted octanol–water partition coefficient (Wildman–Crippen LogP) is 4.31. The molecule has 0 unspecified atom stereocenters. The monoisotopic (exact) mass is 240 g/mol. The van der Waals surface area contributed by atoms with Gasteiger partial charge in [-0.25, -0.2) is 0 Å². The van der Waals surface area contributed by atoms with Crippen molar-refractivity contribution in [1.29, 1.82) is 0 Å². The Kier molecular flexibility index (Phi) is 4.40. The zero-order chi connectivity index (χ0) is 12.8. The zero-order valence-electron chi connectivity index (χ0n) is 11.1. The molecule has 1 heteroatoms. The number of ether oxygens (including phenoxy) is 1. The average molecular weight is 240 g/mol. The van der Waals surface area contributed by atoms with Gasteiger partial charge in [0.2, 0.25) is 0 Å². The van der Waals surface area contributed by atoms with Crippen molar-refractivity contribution in [3.8, 4) is 5.75 Å². The van der Waals surface area contributed by atoms with Crippen LogP contribution in [0.5, 0.6) is 5.75 Å². The molecular weight excluding hydrogens is 220 g/mol. The van der Waals surface area contributed by atoms with E-state index in [1.165, 1.54) is 11.1 Å². The lowest BCUT2D eigenvalue weighted by Crippen LogP contribution is -2.06. The van der Waals surface area contributed by atoms with Crippen LogP contribution in [0.15, 0.2) is 54.6 Å². The molecule has 0 N–H and O–H groups in total. The quantitative estimate of drug-likeness (QED) is 0.756. The summed E-state index contributed by atoms with van der Waals surface area (Å²) in [5.41, 5.74) is 2.57. The third kappa shape index (κ3) is 3.63. The van der Waals surface area contributed by atoms with Crippen LogP contribution in [0.25, 0.3) is 0 Å². The maximum Gasteiger partial charge on any atom is 0.122 e. The van der Waals surface area contributed by atoms with Crippen LogP contribution in [-0.2, 0) is 6.42 Å². The van der Waals surface area contributed by atoms with Gasteiger partial charge in [-0.3, -0.25) is 0 Å². The Bertz CT molecular complexity index is 474. The SMILES string of the molecule is CC(C)COc1ccccc1Cc1ccccc1. The highest BCUT2D eigenvalue weighted by molar-refractivity contribution is 5.37. The van der Waals surface area contributed by atoms with Crippen LogP contribution in [0.1, 0.15) is 25.0 Å². The number of benzene rings is 2. The van der Waals surface area contributed by atoms with Crippen molar-refractivity contribution < 1.29 is 4.74 Å². The Hall–Kier alpha value is -1.76. The van der Waals surface area contributed by atoms with Gasteiger partial charge in [-0.1, -0.05) is 62.4 Å². The second-order valence-corrected chi connectivity index (χ2v) is 4.97. The molecule has 0 spiro atoms. The summed E-state index contributed by atoms with van der Waals surface area (Å²) in [6.45, 7) is 5.10. The van der Waals surface area contributed by atoms with Crippen LogP contribution in [0.4, 0.5) is 0 Å². The van der Waals surface area contributed by atoms with E-state index in [9.17, 15) is 0 Å². The molecule has 0 aliphatic carbocycles. The molecule has 94 valence electrons. The molecule has 0 amide bonds. The van der Waals surface area contributed by atoms with Gasteiger partial charge in [0.05, 0.1) is 6.61 Å². The molecule has 0 radical (unpaired) electrons. The van der Waals surface area contributed by atoms with Crippen LogP contribution in [0.3, 0.4) is 0 Å². The van der Waals surface area contributed by atoms with E-state index in [1.54, 1.807) is 0 Å². The van der Waals surface area contributed by atoms with Gasteiger partial charge >= 0.3 is 0 Å². The number of para-hydroxylation sites is 1. The predicted molar refractivity (Wildman–Crippen MR) is 76.0 cm³/mol. The maximum atomic E-state index is 5.87. The molecule has 0 aliphatic rings. The Morgan fingerprint density at radius 1 is 0.889 bits per heavy atom. The first-order valence-electron chi connectivity index (χ1n) is 6.50. The molecule has 2 aromatic carbocycles. The van der Waals surface area contributed by atoms with E-state index in [2.05, 4.69) is 56.3 Å². The smallest absolute Gasteiger partial charge is 0.122 e. The van der Waals surface area contributed by atoms with Gasteiger partial charge in [-0.2, -0.15) is 0 Å². The van der Waals surface area contributed by atoms with Gasteiger partial charge < -0.3 is 4.74 Å². The lowest BCUT2D eigenvalue weighted by Gasteiger charge is -2.13. The van der Waals surface area contributed by atoms with E-state index in [0.29, 0.717) is 5.92 Å². The fourth-order valence-corrected chi connectivity index (χ4v) is 1.86. The van der Waals surface area contributed by atoms with Crippen LogP contribution in [0.2, 0.25) is 0 Å². The number of hydrogen-bond acceptors (Lipinski definition) is 1. The molecule has 0 saturated carbocycles. The number of hydrogen-bond donors (Lipinski definition) is 0. The van der Waals surface area contributed by atoms with E-state index in [0.717, 1.165) is 18.8 Å². The molecule has 2 rings (SSSR count). The molecule has 0 aliphatic heterocycles. The molecular formula is C17H20O. The summed E-state index contributed by atoms with van der Waals surface area (Å²) in [5.74, 6) is 1.56. The first kappa shape index (κ1) is 12.7. The summed E-state index contributed by atoms with van der Waals surface area (Å²) in [4.78, 5) is 0. The summed E-state index contributed by atoms with van der Waals surface area (Å²) in [7, 11) is 0. The maximum absolute atomic E-state index is 5.87. The Morgan fingerprint density at radius 2 is 1.56 bits per heavy atom. The van der Waals surface area contributed by atoms with Crippen LogP contribution in [-0.4, -0.2) is 6.61 Å². The Labute approximate surface area is 109 Å². The minimum absolute atomic E-state index is 0.551. The first-order chi connectivity index (χ1) is 8.75. The van der Waals surface area contributed by atoms with E-state index < -0.39 is 0 Å². The largest absolute Gasteiger partial charge is 0.493 e. The normalized spacial score (nSPS) is 10.6. The van der Waals surface area contributed by atoms with Crippen molar-refractivity contribution in [1.82, 2.24) is 0 Å². The second-order valence-electron chi connectivity index (χ2n) is 4.97. The highest BCUT2D eigenvalue weighted by atomic mass is 16.5. The van der Waals surface area contributed by atoms with Crippen molar-refractivity contribution in [3.63, 3.8) is 0 Å². The topological polar surface area (TPSA) is 9.23 Å². The summed E-state index contributed by atoms with van der Waals surface area (Å²) >= 11 is 0. The van der Waals surface area contributed by atoms with Crippen molar-refractivity contribution in [2.24, 2.45) is 5.92 Å². The van der Waals surface area contributed by atoms with Crippen molar-refractivity contribution in [2.45, 2.75) is 20.3 Å². The van der Waals surface area contributed by atoms with Gasteiger partial charge in [0, 0.05) is 6.42 Å². The summed E-state index contributed by atoms with van der Waals surface area (Å²) in [6, 6.07) is 18.8. The molecule has 2 aromatic rings. The molecule has 0 heterocycles. The van der Waals surface area contributed by atoms with Crippen molar-refractivity contribution in [3.05, 3.63) is 65.7 Å². The summed E-state index contributed by atoms with van der Waals surface area (Å²) in [6.07, 6.45) is 0.926. The number of rotatable bonds is 5. The van der Waals surface area contributed by atoms with Gasteiger partial charge in [0.15, 0.2) is 0 Å². The zero-order valence-corrected chi connectivity index (χ0v) is 11.1. The van der Waals surface area contributed by atoms with Gasteiger partial charge in [0.1, 0.15) is 5.75 Å². The molecule has 0 atom stereocenters. The van der Waals surface area contributed by atoms with E-state index in [1.807, 2.05) is 12.1 Å². The fraction of sp³-hybridized carbons (Fsp3) is 0.294. The third-order valence-corrected chi connectivity index (χ3v) is 2.78. The molecule has 0 bridgehead atoms. The molecule has 18 heavy (non-hydrogen) atoms. The summed E-state index contributed by atoms with van der Waals surface area (Å²) < 4.78 is 5.87. The fourth-order valence-electron chi connectivity index (χ4n) is 1.86. The molecule has 0 aromatic heterocycles. The van der Waals surface area contributed by atoms with Gasteiger partial charge in [-0.05, 0) is 23.1 Å². The van der Waals surface area contributed by atoms with Crippen LogP contribution in [0, 0.1) is 5.92 Å². The van der Waals surface area contributed by atoms with Gasteiger partial charge in [0.25, 0.3) is 0 Å². The average Bonchev–Trinajstić information content (AvgIpc) is 2.39. The molecule has 0 saturated heterocycles. The first-order valence-corrected chi connectivity index (χ1v) is 6.50.